The number of rotatable bonds is 6. The average Bonchev–Trinajstić information content (AvgIpc) is 2.84. The van der Waals surface area contributed by atoms with Crippen molar-refractivity contribution in [1.82, 2.24) is 4.90 Å². The number of methoxy groups -OCH3 is 2. The van der Waals surface area contributed by atoms with Gasteiger partial charge in [0.05, 0.1) is 19.1 Å². The van der Waals surface area contributed by atoms with E-state index in [-0.39, 0.29) is 30.0 Å². The number of ketones is 1. The van der Waals surface area contributed by atoms with Crippen molar-refractivity contribution in [2.75, 3.05) is 27.8 Å². The number of benzene rings is 2. The third-order valence-corrected chi connectivity index (χ3v) is 7.69. The van der Waals surface area contributed by atoms with Gasteiger partial charge in [-0.05, 0) is 49.7 Å². The Morgan fingerprint density at radius 1 is 1.21 bits per heavy atom. The number of likely N-dealkylation sites (tertiary alicyclic amines) is 1. The number of nitro groups is 1. The van der Waals surface area contributed by atoms with E-state index in [4.69, 9.17) is 14.2 Å². The minimum absolute atomic E-state index is 0.00218. The minimum atomic E-state index is -0.413. The first-order chi connectivity index (χ1) is 16.4. The van der Waals surface area contributed by atoms with Gasteiger partial charge in [0.2, 0.25) is 0 Å². The zero-order chi connectivity index (χ0) is 24.0. The quantitative estimate of drug-likeness (QED) is 0.474. The molecular weight excluding hydrogens is 436 g/mol. The molecule has 1 aliphatic heterocycles. The number of carbonyl (C=O) groups is 1. The standard InChI is InChI=1S/C26H28N2O6/c1-27-10-9-26-14-21(29)23(33-3)13-19(26)20(27)12-17-7-8-22(32-2)25(24(17)26)34-15-16-5-4-6-18(11-16)28(30)31/h4-8,11,13,19-20H,9-10,12,14-15H2,1-3H3/t19-,20+,26-/m1/s1. The topological polar surface area (TPSA) is 91.1 Å². The van der Waals surface area contributed by atoms with Gasteiger partial charge in [-0.3, -0.25) is 14.9 Å². The molecule has 2 bridgehead atoms. The summed E-state index contributed by atoms with van der Waals surface area (Å²) in [6.45, 7) is 1.04. The summed E-state index contributed by atoms with van der Waals surface area (Å²) in [4.78, 5) is 26.2. The van der Waals surface area contributed by atoms with E-state index in [2.05, 4.69) is 18.0 Å². The summed E-state index contributed by atoms with van der Waals surface area (Å²) >= 11 is 0. The van der Waals surface area contributed by atoms with Crippen LogP contribution in [0.5, 0.6) is 11.5 Å². The molecule has 0 spiro atoms. The van der Waals surface area contributed by atoms with E-state index in [0.29, 0.717) is 29.2 Å². The van der Waals surface area contributed by atoms with Gasteiger partial charge in [-0.1, -0.05) is 18.2 Å². The zero-order valence-corrected chi connectivity index (χ0v) is 19.6. The number of nitro benzene ring substituents is 1. The van der Waals surface area contributed by atoms with Gasteiger partial charge in [-0.15, -0.1) is 0 Å². The Morgan fingerprint density at radius 2 is 2.03 bits per heavy atom. The number of non-ortho nitro benzene ring substituents is 1. The maximum atomic E-state index is 13.1. The predicted molar refractivity (Wildman–Crippen MR) is 125 cm³/mol. The van der Waals surface area contributed by atoms with Crippen LogP contribution in [0.25, 0.3) is 0 Å². The van der Waals surface area contributed by atoms with Crippen LogP contribution in [0, 0.1) is 16.0 Å². The van der Waals surface area contributed by atoms with Crippen LogP contribution < -0.4 is 9.47 Å². The summed E-state index contributed by atoms with van der Waals surface area (Å²) in [6.07, 6.45) is 4.02. The average molecular weight is 465 g/mol. The molecule has 178 valence electrons. The maximum absolute atomic E-state index is 13.1. The molecule has 0 aromatic heterocycles. The number of fused-ring (bicyclic) bond motifs is 1. The molecule has 5 rings (SSSR count). The second-order valence-electron chi connectivity index (χ2n) is 9.37. The van der Waals surface area contributed by atoms with Crippen molar-refractivity contribution in [3.8, 4) is 11.5 Å². The van der Waals surface area contributed by atoms with Gasteiger partial charge in [0.25, 0.3) is 5.69 Å². The second kappa shape index (κ2) is 8.43. The van der Waals surface area contributed by atoms with Gasteiger partial charge in [0.15, 0.2) is 23.0 Å². The predicted octanol–water partition coefficient (Wildman–Crippen LogP) is 3.80. The van der Waals surface area contributed by atoms with E-state index in [9.17, 15) is 14.9 Å². The van der Waals surface area contributed by atoms with E-state index in [0.717, 1.165) is 30.5 Å². The zero-order valence-electron chi connectivity index (χ0n) is 19.6. The Labute approximate surface area is 198 Å². The largest absolute Gasteiger partial charge is 0.493 e. The number of ether oxygens (including phenoxy) is 3. The first kappa shape index (κ1) is 22.4. The fraction of sp³-hybridized carbons (Fsp3) is 0.423. The van der Waals surface area contributed by atoms with Crippen LogP contribution in [0.3, 0.4) is 0 Å². The number of nitrogens with zero attached hydrogens (tertiary/aromatic N) is 2. The molecule has 3 atom stereocenters. The van der Waals surface area contributed by atoms with Gasteiger partial charge in [0.1, 0.15) is 6.61 Å². The number of likely N-dealkylation sites (N-methyl/N-ethyl adjacent to an activating group) is 1. The highest BCUT2D eigenvalue weighted by Crippen LogP contribution is 2.58. The monoisotopic (exact) mass is 464 g/mol. The molecule has 2 aromatic carbocycles. The lowest BCUT2D eigenvalue weighted by molar-refractivity contribution is -0.384. The Hall–Kier alpha value is -3.39. The maximum Gasteiger partial charge on any atom is 0.269 e. The normalized spacial score (nSPS) is 25.6. The summed E-state index contributed by atoms with van der Waals surface area (Å²) in [6, 6.07) is 10.7. The van der Waals surface area contributed by atoms with Crippen molar-refractivity contribution in [2.45, 2.75) is 37.3 Å². The van der Waals surface area contributed by atoms with Gasteiger partial charge in [-0.2, -0.15) is 0 Å². The van der Waals surface area contributed by atoms with E-state index in [1.54, 1.807) is 26.4 Å². The molecular formula is C26H28N2O6. The van der Waals surface area contributed by atoms with Crippen LogP contribution in [0.2, 0.25) is 0 Å². The number of hydrogen-bond donors (Lipinski definition) is 0. The van der Waals surface area contributed by atoms with E-state index < -0.39 is 10.3 Å². The van der Waals surface area contributed by atoms with Crippen LogP contribution in [-0.4, -0.2) is 49.5 Å². The molecule has 8 nitrogen and oxygen atoms in total. The fourth-order valence-corrected chi connectivity index (χ4v) is 6.07. The summed E-state index contributed by atoms with van der Waals surface area (Å²) in [5.74, 6) is 1.78. The fourth-order valence-electron chi connectivity index (χ4n) is 6.07. The lowest BCUT2D eigenvalue weighted by Gasteiger charge is -2.56. The molecule has 3 aliphatic rings. The molecule has 0 saturated carbocycles. The van der Waals surface area contributed by atoms with Gasteiger partial charge >= 0.3 is 0 Å². The highest BCUT2D eigenvalue weighted by atomic mass is 16.6. The minimum Gasteiger partial charge on any atom is -0.493 e. The van der Waals surface area contributed by atoms with Crippen molar-refractivity contribution in [3.05, 3.63) is 75.0 Å². The van der Waals surface area contributed by atoms with Crippen LogP contribution in [-0.2, 0) is 28.0 Å². The number of piperidine rings is 1. The van der Waals surface area contributed by atoms with E-state index in [1.807, 2.05) is 12.1 Å². The summed E-state index contributed by atoms with van der Waals surface area (Å²) < 4.78 is 17.5. The molecule has 2 aromatic rings. The molecule has 0 unspecified atom stereocenters. The van der Waals surface area contributed by atoms with Crippen LogP contribution in [0.15, 0.2) is 48.2 Å². The molecule has 1 saturated heterocycles. The number of carbonyl (C=O) groups excluding carboxylic acids is 1. The Bertz CT molecular complexity index is 1190. The molecule has 1 heterocycles. The van der Waals surface area contributed by atoms with Gasteiger partial charge in [0, 0.05) is 41.5 Å². The van der Waals surface area contributed by atoms with Crippen LogP contribution >= 0.6 is 0 Å². The lowest BCUT2D eigenvalue weighted by Crippen LogP contribution is -2.60. The lowest BCUT2D eigenvalue weighted by atomic mass is 9.53. The Balaban J connectivity index is 1.61. The molecule has 1 fully saturated rings. The first-order valence-corrected chi connectivity index (χ1v) is 11.4. The third kappa shape index (κ3) is 3.44. The second-order valence-corrected chi connectivity index (χ2v) is 9.37. The van der Waals surface area contributed by atoms with Crippen LogP contribution in [0.4, 0.5) is 5.69 Å². The Morgan fingerprint density at radius 3 is 2.76 bits per heavy atom. The molecule has 2 aliphatic carbocycles. The van der Waals surface area contributed by atoms with Crippen molar-refractivity contribution >= 4 is 11.5 Å². The molecule has 8 heteroatoms. The van der Waals surface area contributed by atoms with Crippen molar-refractivity contribution < 1.29 is 23.9 Å². The summed E-state index contributed by atoms with van der Waals surface area (Å²) in [7, 11) is 5.29. The van der Waals surface area contributed by atoms with Crippen molar-refractivity contribution in [1.29, 1.82) is 0 Å². The first-order valence-electron chi connectivity index (χ1n) is 11.4. The molecule has 0 amide bonds. The third-order valence-electron chi connectivity index (χ3n) is 7.69. The van der Waals surface area contributed by atoms with Gasteiger partial charge < -0.3 is 19.1 Å². The molecule has 0 N–H and O–H groups in total. The SMILES string of the molecule is COC1=C[C@@H]2[C@@H]3Cc4ccc(OC)c(OCc5cccc([N+](=O)[O-])c5)c4[C@]2(CCN3C)CC1=O. The summed E-state index contributed by atoms with van der Waals surface area (Å²) in [5.41, 5.74) is 2.50. The number of hydrogen-bond acceptors (Lipinski definition) is 7. The van der Waals surface area contributed by atoms with E-state index >= 15 is 0 Å². The van der Waals surface area contributed by atoms with E-state index in [1.165, 1.54) is 12.1 Å². The van der Waals surface area contributed by atoms with Crippen molar-refractivity contribution in [3.63, 3.8) is 0 Å². The van der Waals surface area contributed by atoms with Crippen molar-refractivity contribution in [2.24, 2.45) is 5.92 Å². The van der Waals surface area contributed by atoms with Gasteiger partial charge in [-0.25, -0.2) is 0 Å². The summed E-state index contributed by atoms with van der Waals surface area (Å²) in [5, 5.41) is 11.2. The molecule has 0 radical (unpaired) electrons. The smallest absolute Gasteiger partial charge is 0.269 e. The molecule has 34 heavy (non-hydrogen) atoms. The Kier molecular flexibility index (Phi) is 5.56. The number of Topliss-reactive ketones (excluding diaryl/α,β-unsaturated/α-hetero) is 1. The van der Waals surface area contributed by atoms with Crippen LogP contribution in [0.1, 0.15) is 29.5 Å². The highest BCUT2D eigenvalue weighted by Gasteiger charge is 2.56. The highest BCUT2D eigenvalue weighted by molar-refractivity contribution is 5.96. The number of allylic oxidation sites excluding steroid dienone is 1.